The predicted octanol–water partition coefficient (Wildman–Crippen LogP) is -2.02. The van der Waals surface area contributed by atoms with Crippen LogP contribution < -0.4 is 11.2 Å². The van der Waals surface area contributed by atoms with Crippen LogP contribution in [0.2, 0.25) is 0 Å². The summed E-state index contributed by atoms with van der Waals surface area (Å²) in [7, 11) is -4.68. The van der Waals surface area contributed by atoms with Crippen molar-refractivity contribution in [2.45, 2.75) is 37.5 Å². The number of ether oxygens (including phenoxy) is 3. The molecule has 0 aliphatic carbocycles. The van der Waals surface area contributed by atoms with Crippen molar-refractivity contribution in [3.8, 4) is 0 Å². The fraction of sp³-hybridized carbons (Fsp3) is 0.636. The zero-order valence-corrected chi connectivity index (χ0v) is 12.8. The van der Waals surface area contributed by atoms with Gasteiger partial charge in [-0.15, -0.1) is 0 Å². The Balaban J connectivity index is 1.98. The Morgan fingerprint density at radius 3 is 2.52 bits per heavy atom. The number of aliphatic hydroxyl groups excluding tert-OH is 1. The molecular weight excluding hydrogens is 335 g/mol. The maximum Gasteiger partial charge on any atom is 0.381 e. The van der Waals surface area contributed by atoms with Crippen LogP contribution in [-0.4, -0.2) is 55.4 Å². The van der Waals surface area contributed by atoms with E-state index in [0.29, 0.717) is 0 Å². The van der Waals surface area contributed by atoms with E-state index in [1.54, 1.807) is 0 Å². The Morgan fingerprint density at radius 1 is 1.26 bits per heavy atom. The van der Waals surface area contributed by atoms with E-state index in [4.69, 9.17) is 24.0 Å². The van der Waals surface area contributed by atoms with Crippen molar-refractivity contribution in [2.75, 3.05) is 6.61 Å². The Labute approximate surface area is 128 Å². The summed E-state index contributed by atoms with van der Waals surface area (Å²) < 4.78 is 28.2. The summed E-state index contributed by atoms with van der Waals surface area (Å²) in [4.78, 5) is 43.8. The Kier molecular flexibility index (Phi) is 4.05. The molecule has 23 heavy (non-hydrogen) atoms. The van der Waals surface area contributed by atoms with Crippen molar-refractivity contribution in [1.29, 1.82) is 0 Å². The van der Waals surface area contributed by atoms with Gasteiger partial charge in [-0.1, -0.05) is 0 Å². The van der Waals surface area contributed by atoms with E-state index in [0.717, 1.165) is 4.57 Å². The average molecular weight is 350 g/mol. The lowest BCUT2D eigenvalue weighted by Crippen LogP contribution is -2.37. The molecule has 1 aromatic heterocycles. The highest BCUT2D eigenvalue weighted by Crippen LogP contribution is 2.51. The van der Waals surface area contributed by atoms with Gasteiger partial charge < -0.3 is 29.1 Å². The van der Waals surface area contributed by atoms with Crippen LogP contribution in [0.5, 0.6) is 0 Å². The minimum atomic E-state index is -4.68. The molecule has 2 aliphatic rings. The predicted molar refractivity (Wildman–Crippen MR) is 72.6 cm³/mol. The largest absolute Gasteiger partial charge is 0.394 e. The lowest BCUT2D eigenvalue weighted by Gasteiger charge is -2.21. The number of aliphatic hydroxyl groups is 1. The Hall–Kier alpha value is -1.33. The monoisotopic (exact) mass is 350 g/mol. The summed E-state index contributed by atoms with van der Waals surface area (Å²) in [5, 5.41) is 9.34. The summed E-state index contributed by atoms with van der Waals surface area (Å²) in [6.07, 6.45) is -2.76. The van der Waals surface area contributed by atoms with E-state index in [9.17, 15) is 19.3 Å². The Bertz CT molecular complexity index is 767. The molecule has 0 aromatic carbocycles. The maximum absolute atomic E-state index is 12.0. The van der Waals surface area contributed by atoms with Gasteiger partial charge in [-0.3, -0.25) is 18.9 Å². The Morgan fingerprint density at radius 2 is 1.91 bits per heavy atom. The first-order chi connectivity index (χ1) is 10.7. The lowest BCUT2D eigenvalue weighted by molar-refractivity contribution is -0.130. The van der Waals surface area contributed by atoms with Crippen LogP contribution in [-0.2, 0) is 18.8 Å². The number of aromatic amines is 1. The zero-order chi connectivity index (χ0) is 16.9. The van der Waals surface area contributed by atoms with Gasteiger partial charge in [0.25, 0.3) is 11.6 Å². The molecule has 0 bridgehead atoms. The zero-order valence-electron chi connectivity index (χ0n) is 11.9. The van der Waals surface area contributed by atoms with Crippen molar-refractivity contribution in [1.82, 2.24) is 9.55 Å². The molecular formula is C11H15N2O9P. The molecule has 0 radical (unpaired) electrons. The summed E-state index contributed by atoms with van der Waals surface area (Å²) in [5.41, 5.74) is -1.09. The minimum Gasteiger partial charge on any atom is -0.394 e. The van der Waals surface area contributed by atoms with Gasteiger partial charge in [-0.2, -0.15) is 0 Å². The lowest BCUT2D eigenvalue weighted by atomic mass is 10.1. The van der Waals surface area contributed by atoms with E-state index in [-0.39, 0.29) is 5.56 Å². The highest BCUT2D eigenvalue weighted by atomic mass is 31.2. The molecule has 11 nitrogen and oxygen atoms in total. The molecule has 0 spiro atoms. The van der Waals surface area contributed by atoms with Gasteiger partial charge in [0.1, 0.15) is 18.3 Å². The van der Waals surface area contributed by atoms with Gasteiger partial charge in [0.15, 0.2) is 6.23 Å². The smallest absolute Gasteiger partial charge is 0.381 e. The van der Waals surface area contributed by atoms with Gasteiger partial charge in [0.05, 0.1) is 6.61 Å². The first-order valence-electron chi connectivity index (χ1n) is 6.67. The van der Waals surface area contributed by atoms with Crippen molar-refractivity contribution >= 4 is 7.60 Å². The van der Waals surface area contributed by atoms with Crippen LogP contribution in [0.4, 0.5) is 0 Å². The second-order valence-corrected chi connectivity index (χ2v) is 6.92. The number of aryl methyl sites for hydroxylation is 1. The summed E-state index contributed by atoms with van der Waals surface area (Å²) in [6.45, 7) is 0.987. The van der Waals surface area contributed by atoms with E-state index in [1.165, 1.54) is 13.1 Å². The number of nitrogens with one attached hydrogen (secondary N) is 1. The van der Waals surface area contributed by atoms with Crippen molar-refractivity contribution in [3.63, 3.8) is 0 Å². The van der Waals surface area contributed by atoms with Crippen LogP contribution in [0.3, 0.4) is 0 Å². The number of fused-ring (bicyclic) bond motifs is 1. The van der Waals surface area contributed by atoms with Crippen molar-refractivity contribution < 1.29 is 33.7 Å². The third-order valence-electron chi connectivity index (χ3n) is 3.71. The molecule has 1 aromatic rings. The first-order valence-corrected chi connectivity index (χ1v) is 8.35. The van der Waals surface area contributed by atoms with Gasteiger partial charge in [0, 0.05) is 11.8 Å². The third kappa shape index (κ3) is 2.81. The van der Waals surface area contributed by atoms with Crippen LogP contribution >= 0.6 is 7.60 Å². The first kappa shape index (κ1) is 16.5. The third-order valence-corrected chi connectivity index (χ3v) is 4.50. The molecule has 3 rings (SSSR count). The fourth-order valence-electron chi connectivity index (χ4n) is 2.62. The fourth-order valence-corrected chi connectivity index (χ4v) is 3.22. The maximum atomic E-state index is 12.0. The molecule has 128 valence electrons. The second-order valence-electron chi connectivity index (χ2n) is 5.32. The van der Waals surface area contributed by atoms with Crippen LogP contribution in [0.15, 0.2) is 15.8 Å². The summed E-state index contributed by atoms with van der Waals surface area (Å²) >= 11 is 0. The molecule has 0 saturated carbocycles. The minimum absolute atomic E-state index is 0.239. The molecule has 3 heterocycles. The topological polar surface area (TPSA) is 160 Å². The van der Waals surface area contributed by atoms with Crippen LogP contribution in [0.1, 0.15) is 11.8 Å². The molecule has 2 saturated heterocycles. The number of rotatable bonds is 3. The normalized spacial score (nSPS) is 33.8. The van der Waals surface area contributed by atoms with Crippen molar-refractivity contribution in [3.05, 3.63) is 32.6 Å². The quantitative estimate of drug-likeness (QED) is 0.451. The van der Waals surface area contributed by atoms with E-state index in [1.807, 2.05) is 0 Å². The molecule has 12 heteroatoms. The SMILES string of the molecule is Cc1cn([C@@H]2O[C@H](CO)[C@H]3O[C@H](P(=O)(O)O)O[C@H]32)c(=O)[nH]c1=O. The molecule has 5 atom stereocenters. The van der Waals surface area contributed by atoms with E-state index >= 15 is 0 Å². The highest BCUT2D eigenvalue weighted by Gasteiger charge is 2.57. The van der Waals surface area contributed by atoms with Crippen molar-refractivity contribution in [2.24, 2.45) is 0 Å². The number of hydrogen-bond acceptors (Lipinski definition) is 7. The molecule has 2 fully saturated rings. The molecule has 4 N–H and O–H groups in total. The van der Waals surface area contributed by atoms with Crippen LogP contribution in [0, 0.1) is 6.92 Å². The van der Waals surface area contributed by atoms with Gasteiger partial charge in [0.2, 0.25) is 0 Å². The number of H-pyrrole nitrogens is 1. The van der Waals surface area contributed by atoms with E-state index < -0.39 is 56.0 Å². The average Bonchev–Trinajstić information content (AvgIpc) is 3.01. The second kappa shape index (κ2) is 5.64. The van der Waals surface area contributed by atoms with E-state index in [2.05, 4.69) is 4.98 Å². The number of hydrogen-bond donors (Lipinski definition) is 4. The van der Waals surface area contributed by atoms with Crippen LogP contribution in [0.25, 0.3) is 0 Å². The van der Waals surface area contributed by atoms with Gasteiger partial charge in [-0.05, 0) is 6.92 Å². The summed E-state index contributed by atoms with van der Waals surface area (Å²) in [5.74, 6) is 0. The van der Waals surface area contributed by atoms with Gasteiger partial charge >= 0.3 is 13.3 Å². The summed E-state index contributed by atoms with van der Waals surface area (Å²) in [6, 6.07) is -1.79. The van der Waals surface area contributed by atoms with Gasteiger partial charge in [-0.25, -0.2) is 4.79 Å². The molecule has 2 aliphatic heterocycles. The number of nitrogens with zero attached hydrogens (tertiary/aromatic N) is 1. The standard InChI is InChI=1S/C11H15N2O9P/c1-4-2-13(10(16)12-8(4)15)9-7-6(5(3-14)20-9)21-11(22-7)23(17,18)19/h2,5-7,9,11,14H,3H2,1H3,(H,12,15,16)(H2,17,18,19)/t5-,6-,7-,9-,11+/m1/s1. The highest BCUT2D eigenvalue weighted by molar-refractivity contribution is 7.52. The number of aromatic nitrogens is 2. The molecule has 0 unspecified atom stereocenters. The molecule has 0 amide bonds.